The molecule has 2 heterocycles. The van der Waals surface area contributed by atoms with Gasteiger partial charge < -0.3 is 20.3 Å². The lowest BCUT2D eigenvalue weighted by Gasteiger charge is -2.23. The molecule has 4 rings (SSSR count). The van der Waals surface area contributed by atoms with Gasteiger partial charge in [-0.05, 0) is 54.8 Å². The molecule has 2 aromatic carbocycles. The van der Waals surface area contributed by atoms with Gasteiger partial charge in [-0.1, -0.05) is 23.5 Å². The van der Waals surface area contributed by atoms with E-state index in [0.717, 1.165) is 35.5 Å². The molecule has 1 aliphatic rings. The maximum absolute atomic E-state index is 13.0. The van der Waals surface area contributed by atoms with Crippen LogP contribution in [0.25, 0.3) is 0 Å². The lowest BCUT2D eigenvalue weighted by molar-refractivity contribution is 0.102. The van der Waals surface area contributed by atoms with Gasteiger partial charge in [0.15, 0.2) is 0 Å². The van der Waals surface area contributed by atoms with Gasteiger partial charge in [0.2, 0.25) is 5.01 Å². The Morgan fingerprint density at radius 2 is 2.03 bits per heavy atom. The number of ether oxygens (including phenoxy) is 1. The number of urea groups is 1. The van der Waals surface area contributed by atoms with Crippen LogP contribution in [0.3, 0.4) is 0 Å². The highest BCUT2D eigenvalue weighted by molar-refractivity contribution is 7.13. The number of anilines is 1. The van der Waals surface area contributed by atoms with Crippen LogP contribution in [-0.2, 0) is 6.54 Å². The Labute approximate surface area is 188 Å². The molecule has 1 fully saturated rings. The molecule has 1 saturated heterocycles. The molecule has 1 aliphatic heterocycles. The quantitative estimate of drug-likeness (QED) is 0.586. The fraction of sp³-hybridized carbons (Fsp3) is 0.273. The third-order valence-corrected chi connectivity index (χ3v) is 6.14. The van der Waals surface area contributed by atoms with Gasteiger partial charge in [0.1, 0.15) is 16.6 Å². The van der Waals surface area contributed by atoms with Crippen LogP contribution in [-0.4, -0.2) is 40.7 Å². The summed E-state index contributed by atoms with van der Waals surface area (Å²) in [5.74, 6) is -0.0734. The van der Waals surface area contributed by atoms with Crippen LogP contribution in [0.2, 0.25) is 0 Å². The summed E-state index contributed by atoms with van der Waals surface area (Å²) in [4.78, 5) is 27.0. The average Bonchev–Trinajstić information content (AvgIpc) is 3.49. The minimum absolute atomic E-state index is 0.188. The van der Waals surface area contributed by atoms with E-state index < -0.39 is 5.91 Å². The summed E-state index contributed by atoms with van der Waals surface area (Å²) in [5, 5.41) is 14.6. The number of benzene rings is 2. The number of nitrogens with zero attached hydrogens (tertiary/aromatic N) is 3. The molecule has 10 heteroatoms. The van der Waals surface area contributed by atoms with Gasteiger partial charge in [0, 0.05) is 18.8 Å². The van der Waals surface area contributed by atoms with E-state index in [1.165, 1.54) is 24.3 Å². The van der Waals surface area contributed by atoms with Crippen molar-refractivity contribution in [2.24, 2.45) is 0 Å². The zero-order valence-corrected chi connectivity index (χ0v) is 18.2. The SMILES string of the molecule is COc1cccc(CNC(=O)N2CCC[C@@H]2c2nnc(C(=O)Nc3ccc(F)cc3)s2)c1. The molecule has 166 valence electrons. The van der Waals surface area contributed by atoms with Gasteiger partial charge in [0.05, 0.1) is 13.2 Å². The van der Waals surface area contributed by atoms with Crippen molar-refractivity contribution in [2.75, 3.05) is 19.0 Å². The maximum Gasteiger partial charge on any atom is 0.318 e. The van der Waals surface area contributed by atoms with Crippen molar-refractivity contribution in [3.63, 3.8) is 0 Å². The molecule has 0 unspecified atom stereocenters. The van der Waals surface area contributed by atoms with Crippen molar-refractivity contribution in [2.45, 2.75) is 25.4 Å². The van der Waals surface area contributed by atoms with Gasteiger partial charge in [-0.25, -0.2) is 9.18 Å². The molecular formula is C22H22FN5O3S. The number of hydrogen-bond donors (Lipinski definition) is 2. The summed E-state index contributed by atoms with van der Waals surface area (Å²) < 4.78 is 18.2. The molecule has 0 aliphatic carbocycles. The molecule has 0 spiro atoms. The van der Waals surface area contributed by atoms with Crippen molar-refractivity contribution >= 4 is 29.0 Å². The molecule has 0 radical (unpaired) electrons. The molecule has 1 atom stereocenters. The number of halogens is 1. The lowest BCUT2D eigenvalue weighted by atomic mass is 10.2. The third kappa shape index (κ3) is 5.02. The average molecular weight is 456 g/mol. The molecule has 1 aromatic heterocycles. The zero-order chi connectivity index (χ0) is 22.5. The van der Waals surface area contributed by atoms with E-state index in [2.05, 4.69) is 20.8 Å². The molecule has 3 aromatic rings. The molecular weight excluding hydrogens is 433 g/mol. The molecule has 2 N–H and O–H groups in total. The van der Waals surface area contributed by atoms with Crippen molar-refractivity contribution in [1.82, 2.24) is 20.4 Å². The summed E-state index contributed by atoms with van der Waals surface area (Å²) in [6.07, 6.45) is 1.59. The fourth-order valence-corrected chi connectivity index (χ4v) is 4.39. The monoisotopic (exact) mass is 455 g/mol. The summed E-state index contributed by atoms with van der Waals surface area (Å²) in [7, 11) is 1.60. The molecule has 3 amide bonds. The van der Waals surface area contributed by atoms with Crippen LogP contribution in [0.1, 0.15) is 39.3 Å². The summed E-state index contributed by atoms with van der Waals surface area (Å²) >= 11 is 1.15. The first-order valence-electron chi connectivity index (χ1n) is 10.1. The van der Waals surface area contributed by atoms with Gasteiger partial charge in [0.25, 0.3) is 5.91 Å². The Bertz CT molecular complexity index is 1100. The van der Waals surface area contributed by atoms with Crippen LogP contribution < -0.4 is 15.4 Å². The number of aromatic nitrogens is 2. The number of likely N-dealkylation sites (tertiary alicyclic amines) is 1. The molecule has 8 nitrogen and oxygen atoms in total. The summed E-state index contributed by atoms with van der Waals surface area (Å²) in [5.41, 5.74) is 1.40. The topological polar surface area (TPSA) is 96.4 Å². The Balaban J connectivity index is 1.38. The summed E-state index contributed by atoms with van der Waals surface area (Å²) in [6, 6.07) is 12.6. The van der Waals surface area contributed by atoms with E-state index in [1.54, 1.807) is 12.0 Å². The molecule has 0 bridgehead atoms. The first kappa shape index (κ1) is 21.7. The van der Waals surface area contributed by atoms with Crippen molar-refractivity contribution in [1.29, 1.82) is 0 Å². The van der Waals surface area contributed by atoms with Crippen LogP contribution >= 0.6 is 11.3 Å². The summed E-state index contributed by atoms with van der Waals surface area (Å²) in [6.45, 7) is 0.978. The number of amides is 3. The predicted molar refractivity (Wildman–Crippen MR) is 118 cm³/mol. The second-order valence-electron chi connectivity index (χ2n) is 7.27. The van der Waals surface area contributed by atoms with E-state index >= 15 is 0 Å². The van der Waals surface area contributed by atoms with Crippen molar-refractivity contribution in [3.8, 4) is 5.75 Å². The maximum atomic E-state index is 13.0. The highest BCUT2D eigenvalue weighted by Gasteiger charge is 2.33. The number of carbonyl (C=O) groups excluding carboxylic acids is 2. The van der Waals surface area contributed by atoms with Crippen LogP contribution in [0.15, 0.2) is 48.5 Å². The van der Waals surface area contributed by atoms with E-state index in [4.69, 9.17) is 4.74 Å². The minimum atomic E-state index is -0.424. The first-order chi connectivity index (χ1) is 15.5. The van der Waals surface area contributed by atoms with Gasteiger partial charge in [-0.2, -0.15) is 0 Å². The Hall–Kier alpha value is -3.53. The molecule has 32 heavy (non-hydrogen) atoms. The van der Waals surface area contributed by atoms with Crippen LogP contribution in [0.5, 0.6) is 5.75 Å². The smallest absolute Gasteiger partial charge is 0.318 e. The Morgan fingerprint density at radius 1 is 1.22 bits per heavy atom. The van der Waals surface area contributed by atoms with Gasteiger partial charge in [-0.15, -0.1) is 10.2 Å². The third-order valence-electron chi connectivity index (χ3n) is 5.11. The second kappa shape index (κ2) is 9.73. The van der Waals surface area contributed by atoms with Crippen LogP contribution in [0.4, 0.5) is 14.9 Å². The minimum Gasteiger partial charge on any atom is -0.497 e. The first-order valence-corrected chi connectivity index (χ1v) is 10.9. The molecule has 0 saturated carbocycles. The van der Waals surface area contributed by atoms with E-state index in [9.17, 15) is 14.0 Å². The predicted octanol–water partition coefficient (Wildman–Crippen LogP) is 3.98. The van der Waals surface area contributed by atoms with E-state index in [1.807, 2.05) is 24.3 Å². The highest BCUT2D eigenvalue weighted by Crippen LogP contribution is 2.33. The Morgan fingerprint density at radius 3 is 2.81 bits per heavy atom. The normalized spacial score (nSPS) is 15.4. The van der Waals surface area contributed by atoms with E-state index in [0.29, 0.717) is 23.8 Å². The number of nitrogens with one attached hydrogen (secondary N) is 2. The number of carbonyl (C=O) groups is 2. The highest BCUT2D eigenvalue weighted by atomic mass is 32.1. The standard InChI is InChI=1S/C22H22FN5O3S/c1-31-17-5-2-4-14(12-17)13-24-22(30)28-11-3-6-18(28)20-26-27-21(32-20)19(29)25-16-9-7-15(23)8-10-16/h2,4-5,7-10,12,18H,3,6,11,13H2,1H3,(H,24,30)(H,25,29)/t18-/m1/s1. The lowest BCUT2D eigenvalue weighted by Crippen LogP contribution is -2.39. The van der Waals surface area contributed by atoms with Crippen molar-refractivity contribution < 1.29 is 18.7 Å². The number of methoxy groups -OCH3 is 1. The van der Waals surface area contributed by atoms with Crippen LogP contribution in [0, 0.1) is 5.82 Å². The number of hydrogen-bond acceptors (Lipinski definition) is 6. The number of rotatable bonds is 6. The van der Waals surface area contributed by atoms with E-state index in [-0.39, 0.29) is 22.9 Å². The zero-order valence-electron chi connectivity index (χ0n) is 17.4. The fourth-order valence-electron chi connectivity index (χ4n) is 3.51. The largest absolute Gasteiger partial charge is 0.497 e. The Kier molecular flexibility index (Phi) is 6.60. The van der Waals surface area contributed by atoms with Crippen molar-refractivity contribution in [3.05, 3.63) is 69.9 Å². The van der Waals surface area contributed by atoms with Gasteiger partial charge >= 0.3 is 6.03 Å². The van der Waals surface area contributed by atoms with Gasteiger partial charge in [-0.3, -0.25) is 4.79 Å². The second-order valence-corrected chi connectivity index (χ2v) is 8.28.